The fraction of sp³-hybridized carbons (Fsp3) is 0.750. The van der Waals surface area contributed by atoms with E-state index in [4.69, 9.17) is 10.8 Å². The molecule has 4 heteroatoms. The zero-order chi connectivity index (χ0) is 9.40. The minimum absolute atomic E-state index is 0.0174. The van der Waals surface area contributed by atoms with Crippen LogP contribution < -0.4 is 5.73 Å². The summed E-state index contributed by atoms with van der Waals surface area (Å²) in [4.78, 5) is 21.7. The first-order valence-corrected chi connectivity index (χ1v) is 4.05. The molecule has 0 unspecified atom stereocenters. The quantitative estimate of drug-likeness (QED) is 0.550. The molecule has 0 heterocycles. The predicted molar refractivity (Wildman–Crippen MR) is 44.6 cm³/mol. The summed E-state index contributed by atoms with van der Waals surface area (Å²) >= 11 is 0. The topological polar surface area (TPSA) is 80.4 Å². The molecule has 0 fully saturated rings. The van der Waals surface area contributed by atoms with Gasteiger partial charge in [-0.3, -0.25) is 9.59 Å². The van der Waals surface area contributed by atoms with Gasteiger partial charge in [0.1, 0.15) is 11.6 Å². The summed E-state index contributed by atoms with van der Waals surface area (Å²) in [7, 11) is 0. The molecule has 0 aliphatic carbocycles. The Hall–Kier alpha value is -0.740. The van der Waals surface area contributed by atoms with Crippen LogP contribution in [0.5, 0.6) is 0 Å². The second kappa shape index (κ2) is 6.94. The number of aliphatic hydroxyl groups excluding tert-OH is 1. The normalized spacial score (nSPS) is 9.83. The van der Waals surface area contributed by atoms with Gasteiger partial charge in [0.25, 0.3) is 0 Å². The highest BCUT2D eigenvalue weighted by Crippen LogP contribution is 1.97. The summed E-state index contributed by atoms with van der Waals surface area (Å²) in [5.74, 6) is -0.0494. The van der Waals surface area contributed by atoms with E-state index >= 15 is 0 Å². The lowest BCUT2D eigenvalue weighted by Crippen LogP contribution is -2.10. The number of Topliss-reactive ketones (excluding diaryl/α,β-unsaturated/α-hetero) is 2. The molecule has 70 valence electrons. The Labute approximate surface area is 71.8 Å². The van der Waals surface area contributed by atoms with E-state index in [1.165, 1.54) is 0 Å². The molecule has 3 N–H and O–H groups in total. The number of nitrogens with two attached hydrogens (primary N) is 1. The third-order valence-electron chi connectivity index (χ3n) is 1.50. The molecule has 0 amide bonds. The molecule has 0 atom stereocenters. The summed E-state index contributed by atoms with van der Waals surface area (Å²) in [6.07, 6.45) is 0.984. The highest BCUT2D eigenvalue weighted by atomic mass is 16.3. The molecule has 0 saturated carbocycles. The van der Waals surface area contributed by atoms with Crippen molar-refractivity contribution in [3.63, 3.8) is 0 Å². The molecule has 0 aromatic heterocycles. The van der Waals surface area contributed by atoms with Gasteiger partial charge >= 0.3 is 0 Å². The lowest BCUT2D eigenvalue weighted by molar-refractivity contribution is -0.124. The molecular weight excluding hydrogens is 158 g/mol. The predicted octanol–water partition coefficient (Wildman–Crippen LogP) is -0.364. The van der Waals surface area contributed by atoms with Crippen LogP contribution in [0.3, 0.4) is 0 Å². The molecule has 0 rings (SSSR count). The van der Waals surface area contributed by atoms with E-state index in [1.54, 1.807) is 0 Å². The van der Waals surface area contributed by atoms with Crippen LogP contribution in [0.25, 0.3) is 0 Å². The Morgan fingerprint density at radius 3 is 1.92 bits per heavy atom. The Morgan fingerprint density at radius 2 is 1.50 bits per heavy atom. The number of hydrogen-bond acceptors (Lipinski definition) is 4. The van der Waals surface area contributed by atoms with E-state index in [0.717, 1.165) is 0 Å². The van der Waals surface area contributed by atoms with Crippen LogP contribution in [-0.2, 0) is 9.59 Å². The van der Waals surface area contributed by atoms with Gasteiger partial charge in [-0.25, -0.2) is 0 Å². The Morgan fingerprint density at radius 1 is 1.00 bits per heavy atom. The Kier molecular flexibility index (Phi) is 6.51. The standard InChI is InChI=1S/C8H15NO3/c9-5-3-7(11)1-2-8(12)4-6-10/h10H,1-6,9H2. The largest absolute Gasteiger partial charge is 0.396 e. The first kappa shape index (κ1) is 11.3. The van der Waals surface area contributed by atoms with Gasteiger partial charge in [0, 0.05) is 32.3 Å². The third kappa shape index (κ3) is 6.00. The second-order valence-corrected chi connectivity index (χ2v) is 2.59. The highest BCUT2D eigenvalue weighted by Gasteiger charge is 2.05. The lowest BCUT2D eigenvalue weighted by atomic mass is 10.1. The van der Waals surface area contributed by atoms with Crippen LogP contribution >= 0.6 is 0 Å². The van der Waals surface area contributed by atoms with Crippen molar-refractivity contribution in [1.29, 1.82) is 0 Å². The molecule has 0 spiro atoms. The summed E-state index contributed by atoms with van der Waals surface area (Å²) < 4.78 is 0. The van der Waals surface area contributed by atoms with Gasteiger partial charge in [-0.2, -0.15) is 0 Å². The summed E-state index contributed by atoms with van der Waals surface area (Å²) in [6, 6.07) is 0. The zero-order valence-electron chi connectivity index (χ0n) is 7.08. The number of rotatable bonds is 7. The van der Waals surface area contributed by atoms with Gasteiger partial charge in [-0.15, -0.1) is 0 Å². The van der Waals surface area contributed by atoms with Gasteiger partial charge in [0.05, 0.1) is 0 Å². The molecule has 0 aliphatic heterocycles. The average molecular weight is 173 g/mol. The lowest BCUT2D eigenvalue weighted by Gasteiger charge is -1.97. The molecule has 12 heavy (non-hydrogen) atoms. The van der Waals surface area contributed by atoms with Crippen molar-refractivity contribution in [2.75, 3.05) is 13.2 Å². The number of carbonyl (C=O) groups excluding carboxylic acids is 2. The van der Waals surface area contributed by atoms with E-state index in [-0.39, 0.29) is 37.4 Å². The van der Waals surface area contributed by atoms with Crippen molar-refractivity contribution in [2.24, 2.45) is 5.73 Å². The molecule has 0 aliphatic rings. The molecule has 0 saturated heterocycles. The minimum atomic E-state index is -0.135. The van der Waals surface area contributed by atoms with Crippen molar-refractivity contribution in [3.05, 3.63) is 0 Å². The van der Waals surface area contributed by atoms with Crippen LogP contribution in [0, 0.1) is 0 Å². The van der Waals surface area contributed by atoms with Crippen molar-refractivity contribution < 1.29 is 14.7 Å². The van der Waals surface area contributed by atoms with E-state index in [2.05, 4.69) is 0 Å². The Bertz CT molecular complexity index is 138. The fourth-order valence-corrected chi connectivity index (χ4v) is 0.815. The number of aliphatic hydroxyl groups is 1. The fourth-order valence-electron chi connectivity index (χ4n) is 0.815. The van der Waals surface area contributed by atoms with Crippen LogP contribution in [0.4, 0.5) is 0 Å². The maximum absolute atomic E-state index is 10.9. The summed E-state index contributed by atoms with van der Waals surface area (Å²) in [5.41, 5.74) is 5.15. The summed E-state index contributed by atoms with van der Waals surface area (Å²) in [5, 5.41) is 8.38. The maximum Gasteiger partial charge on any atom is 0.135 e. The minimum Gasteiger partial charge on any atom is -0.396 e. The first-order valence-electron chi connectivity index (χ1n) is 4.05. The molecule has 0 aromatic rings. The van der Waals surface area contributed by atoms with Gasteiger partial charge < -0.3 is 10.8 Å². The van der Waals surface area contributed by atoms with Gasteiger partial charge in [-0.05, 0) is 6.54 Å². The van der Waals surface area contributed by atoms with Crippen LogP contribution in [-0.4, -0.2) is 29.8 Å². The van der Waals surface area contributed by atoms with E-state index < -0.39 is 0 Å². The highest BCUT2D eigenvalue weighted by molar-refractivity contribution is 5.86. The first-order chi connectivity index (χ1) is 5.70. The molecular formula is C8H15NO3. The molecule has 0 bridgehead atoms. The average Bonchev–Trinajstić information content (AvgIpc) is 2.02. The zero-order valence-corrected chi connectivity index (χ0v) is 7.08. The number of carbonyl (C=O) groups is 2. The van der Waals surface area contributed by atoms with Crippen molar-refractivity contribution in [3.8, 4) is 0 Å². The van der Waals surface area contributed by atoms with Gasteiger partial charge in [0.15, 0.2) is 0 Å². The van der Waals surface area contributed by atoms with Crippen molar-refractivity contribution >= 4 is 11.6 Å². The number of ketones is 2. The van der Waals surface area contributed by atoms with Crippen LogP contribution in [0.15, 0.2) is 0 Å². The van der Waals surface area contributed by atoms with Crippen molar-refractivity contribution in [1.82, 2.24) is 0 Å². The second-order valence-electron chi connectivity index (χ2n) is 2.59. The van der Waals surface area contributed by atoms with Crippen molar-refractivity contribution in [2.45, 2.75) is 25.7 Å². The Balaban J connectivity index is 3.40. The SMILES string of the molecule is NCCC(=O)CCC(=O)CCO. The van der Waals surface area contributed by atoms with E-state index in [0.29, 0.717) is 13.0 Å². The van der Waals surface area contributed by atoms with E-state index in [9.17, 15) is 9.59 Å². The third-order valence-corrected chi connectivity index (χ3v) is 1.50. The van der Waals surface area contributed by atoms with E-state index in [1.807, 2.05) is 0 Å². The smallest absolute Gasteiger partial charge is 0.135 e. The molecule has 0 radical (unpaired) electrons. The molecule has 4 nitrogen and oxygen atoms in total. The monoisotopic (exact) mass is 173 g/mol. The van der Waals surface area contributed by atoms with Crippen LogP contribution in [0.2, 0.25) is 0 Å². The van der Waals surface area contributed by atoms with Crippen LogP contribution in [0.1, 0.15) is 25.7 Å². The number of hydrogen-bond donors (Lipinski definition) is 2. The van der Waals surface area contributed by atoms with Gasteiger partial charge in [-0.1, -0.05) is 0 Å². The maximum atomic E-state index is 10.9. The van der Waals surface area contributed by atoms with Gasteiger partial charge in [0.2, 0.25) is 0 Å². The molecule has 0 aromatic carbocycles. The summed E-state index contributed by atoms with van der Waals surface area (Å²) in [6.45, 7) is 0.205.